The molecule has 0 saturated heterocycles. The Morgan fingerprint density at radius 2 is 2.05 bits per heavy atom. The summed E-state index contributed by atoms with van der Waals surface area (Å²) in [4.78, 5) is 16.0. The first-order chi connectivity index (χ1) is 9.54. The predicted octanol–water partition coefficient (Wildman–Crippen LogP) is 4.03. The molecule has 104 valence electrons. The maximum Gasteiger partial charge on any atom is 0.225 e. The van der Waals surface area contributed by atoms with Crippen molar-refractivity contribution in [3.8, 4) is 0 Å². The number of carbonyl (C=O) groups is 1. The monoisotopic (exact) mass is 332 g/mol. The number of carbonyl (C=O) groups excluding carboxylic acids is 1. The second kappa shape index (κ2) is 6.66. The highest BCUT2D eigenvalue weighted by Crippen LogP contribution is 2.15. The van der Waals surface area contributed by atoms with Crippen molar-refractivity contribution in [1.29, 1.82) is 0 Å². The minimum Gasteiger partial charge on any atom is -0.311 e. The number of hydrogen-bond acceptors (Lipinski definition) is 2. The second-order valence-corrected chi connectivity index (χ2v) is 5.75. The van der Waals surface area contributed by atoms with Crippen LogP contribution in [0.15, 0.2) is 41.0 Å². The van der Waals surface area contributed by atoms with Gasteiger partial charge in [-0.25, -0.2) is 4.98 Å². The Morgan fingerprint density at radius 1 is 1.25 bits per heavy atom. The zero-order chi connectivity index (χ0) is 14.5. The van der Waals surface area contributed by atoms with E-state index in [1.54, 1.807) is 12.3 Å². The van der Waals surface area contributed by atoms with E-state index >= 15 is 0 Å². The number of aryl methyl sites for hydroxylation is 3. The lowest BCUT2D eigenvalue weighted by Gasteiger charge is -2.07. The molecule has 0 aliphatic carbocycles. The zero-order valence-electron chi connectivity index (χ0n) is 11.6. The van der Waals surface area contributed by atoms with Gasteiger partial charge in [0.05, 0.1) is 0 Å². The number of hydrogen-bond donors (Lipinski definition) is 1. The molecule has 0 unspecified atom stereocenters. The van der Waals surface area contributed by atoms with Crippen LogP contribution in [-0.2, 0) is 11.2 Å². The fraction of sp³-hybridized carbons (Fsp3) is 0.250. The van der Waals surface area contributed by atoms with E-state index in [1.807, 2.05) is 6.07 Å². The van der Waals surface area contributed by atoms with Crippen LogP contribution in [0.4, 0.5) is 5.82 Å². The van der Waals surface area contributed by atoms with Crippen LogP contribution in [0.25, 0.3) is 0 Å². The van der Waals surface area contributed by atoms with Gasteiger partial charge in [-0.3, -0.25) is 4.79 Å². The van der Waals surface area contributed by atoms with E-state index in [0.29, 0.717) is 12.2 Å². The quantitative estimate of drug-likeness (QED) is 0.918. The summed E-state index contributed by atoms with van der Waals surface area (Å²) in [6, 6.07) is 9.93. The van der Waals surface area contributed by atoms with E-state index < -0.39 is 0 Å². The molecular formula is C16H17BrN2O. The number of nitrogens with zero attached hydrogens (tertiary/aromatic N) is 1. The van der Waals surface area contributed by atoms with Crippen molar-refractivity contribution in [2.24, 2.45) is 0 Å². The third-order valence-electron chi connectivity index (χ3n) is 3.11. The minimum atomic E-state index is -0.0180. The molecule has 0 bridgehead atoms. The van der Waals surface area contributed by atoms with Gasteiger partial charge in [0, 0.05) is 17.1 Å². The molecule has 0 saturated carbocycles. The van der Waals surface area contributed by atoms with Crippen molar-refractivity contribution in [3.63, 3.8) is 0 Å². The van der Waals surface area contributed by atoms with Gasteiger partial charge in [0.25, 0.3) is 0 Å². The van der Waals surface area contributed by atoms with Crippen LogP contribution < -0.4 is 5.32 Å². The highest BCUT2D eigenvalue weighted by atomic mass is 79.9. The number of halogens is 1. The Bertz CT molecular complexity index is 626. The highest BCUT2D eigenvalue weighted by molar-refractivity contribution is 9.10. The molecule has 1 heterocycles. The molecule has 0 radical (unpaired) electrons. The van der Waals surface area contributed by atoms with Gasteiger partial charge in [0.1, 0.15) is 5.82 Å². The number of amides is 1. The van der Waals surface area contributed by atoms with Crippen LogP contribution in [0.5, 0.6) is 0 Å². The summed E-state index contributed by atoms with van der Waals surface area (Å²) >= 11 is 3.35. The third-order valence-corrected chi connectivity index (χ3v) is 3.60. The first kappa shape index (κ1) is 14.7. The molecule has 4 heteroatoms. The SMILES string of the molecule is Cc1ccc(CCC(=O)Nc2cc(Br)ccn2)c(C)c1. The van der Waals surface area contributed by atoms with Gasteiger partial charge in [-0.1, -0.05) is 39.7 Å². The van der Waals surface area contributed by atoms with Crippen LogP contribution in [0.2, 0.25) is 0 Å². The zero-order valence-corrected chi connectivity index (χ0v) is 13.2. The number of benzene rings is 1. The van der Waals surface area contributed by atoms with Crippen molar-refractivity contribution in [2.45, 2.75) is 26.7 Å². The van der Waals surface area contributed by atoms with Gasteiger partial charge < -0.3 is 5.32 Å². The van der Waals surface area contributed by atoms with Gasteiger partial charge in [-0.05, 0) is 43.5 Å². The summed E-state index contributed by atoms with van der Waals surface area (Å²) in [5.41, 5.74) is 3.69. The van der Waals surface area contributed by atoms with E-state index in [4.69, 9.17) is 0 Å². The lowest BCUT2D eigenvalue weighted by atomic mass is 10.0. The summed E-state index contributed by atoms with van der Waals surface area (Å²) in [5, 5.41) is 2.80. The number of anilines is 1. The van der Waals surface area contributed by atoms with E-state index in [2.05, 4.69) is 58.3 Å². The van der Waals surface area contributed by atoms with Gasteiger partial charge in [0.15, 0.2) is 0 Å². The van der Waals surface area contributed by atoms with Crippen molar-refractivity contribution in [2.75, 3.05) is 5.32 Å². The van der Waals surface area contributed by atoms with Crippen molar-refractivity contribution < 1.29 is 4.79 Å². The Hall–Kier alpha value is -1.68. The molecule has 1 N–H and O–H groups in total. The maximum atomic E-state index is 11.9. The molecule has 0 aliphatic rings. The Balaban J connectivity index is 1.92. The van der Waals surface area contributed by atoms with E-state index in [1.165, 1.54) is 16.7 Å². The van der Waals surface area contributed by atoms with Crippen molar-refractivity contribution in [3.05, 3.63) is 57.7 Å². The maximum absolute atomic E-state index is 11.9. The van der Waals surface area contributed by atoms with Crippen molar-refractivity contribution in [1.82, 2.24) is 4.98 Å². The molecule has 0 spiro atoms. The van der Waals surface area contributed by atoms with Crippen LogP contribution in [0.1, 0.15) is 23.1 Å². The molecule has 2 aromatic rings. The van der Waals surface area contributed by atoms with E-state index in [0.717, 1.165) is 10.9 Å². The summed E-state index contributed by atoms with van der Waals surface area (Å²) in [6.45, 7) is 4.15. The fourth-order valence-electron chi connectivity index (χ4n) is 2.05. The first-order valence-corrected chi connectivity index (χ1v) is 7.31. The molecular weight excluding hydrogens is 316 g/mol. The molecule has 0 atom stereocenters. The average Bonchev–Trinajstić information content (AvgIpc) is 2.37. The number of pyridine rings is 1. The topological polar surface area (TPSA) is 42.0 Å². The number of nitrogens with one attached hydrogen (secondary N) is 1. The average molecular weight is 333 g/mol. The summed E-state index contributed by atoms with van der Waals surface area (Å²) < 4.78 is 0.900. The van der Waals surface area contributed by atoms with Crippen LogP contribution in [-0.4, -0.2) is 10.9 Å². The highest BCUT2D eigenvalue weighted by Gasteiger charge is 2.06. The fourth-order valence-corrected chi connectivity index (χ4v) is 2.39. The van der Waals surface area contributed by atoms with Crippen LogP contribution in [0, 0.1) is 13.8 Å². The molecule has 1 aromatic heterocycles. The molecule has 1 aromatic carbocycles. The molecule has 0 aliphatic heterocycles. The van der Waals surface area contributed by atoms with Crippen LogP contribution >= 0.6 is 15.9 Å². The molecule has 2 rings (SSSR count). The minimum absolute atomic E-state index is 0.0180. The van der Waals surface area contributed by atoms with E-state index in [-0.39, 0.29) is 5.91 Å². The lowest BCUT2D eigenvalue weighted by molar-refractivity contribution is -0.116. The largest absolute Gasteiger partial charge is 0.311 e. The lowest BCUT2D eigenvalue weighted by Crippen LogP contribution is -2.13. The standard InChI is InChI=1S/C16H17BrN2O/c1-11-3-4-13(12(2)9-11)5-6-16(20)19-15-10-14(17)7-8-18-15/h3-4,7-10H,5-6H2,1-2H3,(H,18,19,20). The van der Waals surface area contributed by atoms with Crippen LogP contribution in [0.3, 0.4) is 0 Å². The molecule has 20 heavy (non-hydrogen) atoms. The van der Waals surface area contributed by atoms with Gasteiger partial charge >= 0.3 is 0 Å². The third kappa shape index (κ3) is 4.17. The van der Waals surface area contributed by atoms with E-state index in [9.17, 15) is 4.79 Å². The normalized spacial score (nSPS) is 10.3. The Morgan fingerprint density at radius 3 is 2.75 bits per heavy atom. The van der Waals surface area contributed by atoms with Gasteiger partial charge in [-0.2, -0.15) is 0 Å². The molecule has 3 nitrogen and oxygen atoms in total. The molecule has 1 amide bonds. The second-order valence-electron chi connectivity index (χ2n) is 4.84. The Kier molecular flexibility index (Phi) is 4.90. The van der Waals surface area contributed by atoms with Gasteiger partial charge in [0.2, 0.25) is 5.91 Å². The smallest absolute Gasteiger partial charge is 0.225 e. The van der Waals surface area contributed by atoms with Crippen molar-refractivity contribution >= 4 is 27.7 Å². The number of rotatable bonds is 4. The summed E-state index contributed by atoms with van der Waals surface area (Å²) in [6.07, 6.45) is 2.86. The first-order valence-electron chi connectivity index (χ1n) is 6.52. The summed E-state index contributed by atoms with van der Waals surface area (Å²) in [5.74, 6) is 0.556. The summed E-state index contributed by atoms with van der Waals surface area (Å²) in [7, 11) is 0. The van der Waals surface area contributed by atoms with Gasteiger partial charge in [-0.15, -0.1) is 0 Å². The Labute approximate surface area is 127 Å². The number of aromatic nitrogens is 1. The predicted molar refractivity (Wildman–Crippen MR) is 84.8 cm³/mol. The molecule has 0 fully saturated rings.